The highest BCUT2D eigenvalue weighted by atomic mass is 32.2. The lowest BCUT2D eigenvalue weighted by Gasteiger charge is -2.20. The van der Waals surface area contributed by atoms with Gasteiger partial charge in [0.15, 0.2) is 0 Å². The van der Waals surface area contributed by atoms with E-state index < -0.39 is 0 Å². The molecule has 0 aliphatic heterocycles. The highest BCUT2D eigenvalue weighted by molar-refractivity contribution is 7.98. The molecule has 1 aromatic carbocycles. The monoisotopic (exact) mass is 263 g/mol. The van der Waals surface area contributed by atoms with Crippen LogP contribution in [0.4, 0.5) is 0 Å². The van der Waals surface area contributed by atoms with Gasteiger partial charge in [-0.3, -0.25) is 0 Å². The van der Waals surface area contributed by atoms with Crippen LogP contribution in [0.2, 0.25) is 0 Å². The fourth-order valence-electron chi connectivity index (χ4n) is 2.48. The van der Waals surface area contributed by atoms with Crippen LogP contribution in [0.3, 0.4) is 0 Å². The molecule has 0 saturated heterocycles. The van der Waals surface area contributed by atoms with Crippen molar-refractivity contribution >= 4 is 11.8 Å². The second-order valence-electron chi connectivity index (χ2n) is 5.37. The maximum atomic E-state index is 3.70. The number of thioether (sulfide) groups is 1. The topological polar surface area (TPSA) is 12.0 Å². The minimum atomic E-state index is 0.693. The Hall–Kier alpha value is -0.470. The fourth-order valence-corrected chi connectivity index (χ4v) is 2.94. The van der Waals surface area contributed by atoms with E-state index in [1.54, 1.807) is 5.56 Å². The minimum absolute atomic E-state index is 0.693. The van der Waals surface area contributed by atoms with E-state index in [1.807, 2.05) is 11.8 Å². The van der Waals surface area contributed by atoms with E-state index in [1.165, 1.54) is 37.0 Å². The Morgan fingerprint density at radius 2 is 2.11 bits per heavy atom. The van der Waals surface area contributed by atoms with Crippen molar-refractivity contribution in [1.29, 1.82) is 0 Å². The second kappa shape index (κ2) is 7.20. The summed E-state index contributed by atoms with van der Waals surface area (Å²) in [5, 5.41) is 3.70. The van der Waals surface area contributed by atoms with Crippen molar-refractivity contribution < 1.29 is 0 Å². The second-order valence-corrected chi connectivity index (χ2v) is 6.36. The van der Waals surface area contributed by atoms with Crippen LogP contribution in [-0.2, 0) is 0 Å². The summed E-state index contributed by atoms with van der Waals surface area (Å²) in [6.45, 7) is 3.40. The Morgan fingerprint density at radius 1 is 1.33 bits per heavy atom. The van der Waals surface area contributed by atoms with Crippen molar-refractivity contribution in [2.45, 2.75) is 44.6 Å². The molecule has 1 nitrogen and oxygen atoms in total. The fraction of sp³-hybridized carbons (Fsp3) is 0.625. The van der Waals surface area contributed by atoms with Crippen molar-refractivity contribution in [3.05, 3.63) is 35.4 Å². The third-order valence-electron chi connectivity index (χ3n) is 3.76. The van der Waals surface area contributed by atoms with Crippen LogP contribution in [0.25, 0.3) is 0 Å². The first-order valence-corrected chi connectivity index (χ1v) is 8.48. The van der Waals surface area contributed by atoms with Gasteiger partial charge in [-0.05, 0) is 61.7 Å². The van der Waals surface area contributed by atoms with Gasteiger partial charge in [-0.2, -0.15) is 11.8 Å². The number of hydrogen-bond acceptors (Lipinski definition) is 2. The van der Waals surface area contributed by atoms with Gasteiger partial charge in [-0.15, -0.1) is 0 Å². The molecule has 1 atom stereocenters. The minimum Gasteiger partial charge on any atom is -0.313 e. The average molecular weight is 263 g/mol. The average Bonchev–Trinajstić information content (AvgIpc) is 3.19. The van der Waals surface area contributed by atoms with Crippen molar-refractivity contribution in [3.8, 4) is 0 Å². The molecule has 0 bridgehead atoms. The quantitative estimate of drug-likeness (QED) is 0.712. The van der Waals surface area contributed by atoms with E-state index in [2.05, 4.69) is 42.8 Å². The Balaban J connectivity index is 1.95. The SMILES string of the molecule is CSCCCC(CNC1CC1)c1ccccc1C. The smallest absolute Gasteiger partial charge is 0.00684 e. The molecule has 2 heteroatoms. The third-order valence-corrected chi connectivity index (χ3v) is 4.46. The van der Waals surface area contributed by atoms with Crippen LogP contribution >= 0.6 is 11.8 Å². The van der Waals surface area contributed by atoms with Crippen molar-refractivity contribution in [3.63, 3.8) is 0 Å². The highest BCUT2D eigenvalue weighted by Crippen LogP contribution is 2.26. The van der Waals surface area contributed by atoms with Gasteiger partial charge in [-0.1, -0.05) is 24.3 Å². The summed E-state index contributed by atoms with van der Waals surface area (Å²) in [6, 6.07) is 9.70. The summed E-state index contributed by atoms with van der Waals surface area (Å²) in [5.74, 6) is 1.98. The Labute approximate surface area is 116 Å². The van der Waals surface area contributed by atoms with Gasteiger partial charge in [0.2, 0.25) is 0 Å². The molecule has 0 radical (unpaired) electrons. The third kappa shape index (κ3) is 4.33. The zero-order valence-electron chi connectivity index (χ0n) is 11.6. The molecule has 0 amide bonds. The summed E-state index contributed by atoms with van der Waals surface area (Å²) < 4.78 is 0. The van der Waals surface area contributed by atoms with E-state index in [0.29, 0.717) is 5.92 Å². The number of benzene rings is 1. The molecule has 1 aliphatic carbocycles. The molecule has 0 aromatic heterocycles. The Kier molecular flexibility index (Phi) is 5.58. The highest BCUT2D eigenvalue weighted by Gasteiger charge is 2.22. The van der Waals surface area contributed by atoms with Gasteiger partial charge in [0.1, 0.15) is 0 Å². The molecule has 100 valence electrons. The summed E-state index contributed by atoms with van der Waals surface area (Å²) in [6.07, 6.45) is 7.60. The summed E-state index contributed by atoms with van der Waals surface area (Å²) in [5.41, 5.74) is 3.00. The van der Waals surface area contributed by atoms with Crippen molar-refractivity contribution in [2.75, 3.05) is 18.6 Å². The Bertz CT molecular complexity index is 360. The largest absolute Gasteiger partial charge is 0.313 e. The number of aryl methyl sites for hydroxylation is 1. The number of hydrogen-bond donors (Lipinski definition) is 1. The predicted molar refractivity (Wildman–Crippen MR) is 82.6 cm³/mol. The lowest BCUT2D eigenvalue weighted by Crippen LogP contribution is -2.24. The molecule has 1 fully saturated rings. The first-order chi connectivity index (χ1) is 8.81. The molecule has 0 heterocycles. The maximum absolute atomic E-state index is 3.70. The van der Waals surface area contributed by atoms with Crippen LogP contribution in [0.15, 0.2) is 24.3 Å². The van der Waals surface area contributed by atoms with Crippen molar-refractivity contribution in [2.24, 2.45) is 0 Å². The van der Waals surface area contributed by atoms with E-state index >= 15 is 0 Å². The van der Waals surface area contributed by atoms with E-state index in [0.717, 1.165) is 12.6 Å². The van der Waals surface area contributed by atoms with Gasteiger partial charge in [0.05, 0.1) is 0 Å². The Morgan fingerprint density at radius 3 is 2.78 bits per heavy atom. The number of nitrogens with one attached hydrogen (secondary N) is 1. The first-order valence-electron chi connectivity index (χ1n) is 7.09. The molecule has 1 unspecified atom stereocenters. The molecule has 2 rings (SSSR count). The standard InChI is InChI=1S/C16H25NS/c1-13-6-3-4-8-16(13)14(7-5-11-18-2)12-17-15-9-10-15/h3-4,6,8,14-15,17H,5,7,9-12H2,1-2H3. The lowest BCUT2D eigenvalue weighted by atomic mass is 9.91. The van der Waals surface area contributed by atoms with Gasteiger partial charge >= 0.3 is 0 Å². The first kappa shape index (κ1) is 14.0. The molecule has 1 aliphatic rings. The summed E-state index contributed by atoms with van der Waals surface area (Å²) in [7, 11) is 0. The predicted octanol–water partition coefficient (Wildman–Crippen LogP) is 3.97. The molecule has 1 saturated carbocycles. The van der Waals surface area contributed by atoms with Gasteiger partial charge in [-0.25, -0.2) is 0 Å². The van der Waals surface area contributed by atoms with E-state index in [4.69, 9.17) is 0 Å². The maximum Gasteiger partial charge on any atom is 0.00684 e. The van der Waals surface area contributed by atoms with Crippen LogP contribution < -0.4 is 5.32 Å². The zero-order chi connectivity index (χ0) is 12.8. The molecule has 0 spiro atoms. The molecule has 18 heavy (non-hydrogen) atoms. The zero-order valence-corrected chi connectivity index (χ0v) is 12.4. The molecule has 1 aromatic rings. The molecular weight excluding hydrogens is 238 g/mol. The van der Waals surface area contributed by atoms with Crippen molar-refractivity contribution in [1.82, 2.24) is 5.32 Å². The van der Waals surface area contributed by atoms with Gasteiger partial charge < -0.3 is 5.32 Å². The van der Waals surface area contributed by atoms with Crippen LogP contribution in [0.5, 0.6) is 0 Å². The summed E-state index contributed by atoms with van der Waals surface area (Å²) >= 11 is 1.96. The van der Waals surface area contributed by atoms with Crippen LogP contribution in [-0.4, -0.2) is 24.6 Å². The van der Waals surface area contributed by atoms with Crippen LogP contribution in [0.1, 0.15) is 42.7 Å². The molecular formula is C16H25NS. The van der Waals surface area contributed by atoms with Gasteiger partial charge in [0, 0.05) is 12.6 Å². The van der Waals surface area contributed by atoms with E-state index in [-0.39, 0.29) is 0 Å². The molecule has 1 N–H and O–H groups in total. The van der Waals surface area contributed by atoms with Crippen LogP contribution in [0, 0.1) is 6.92 Å². The number of rotatable bonds is 8. The summed E-state index contributed by atoms with van der Waals surface area (Å²) in [4.78, 5) is 0. The normalized spacial score (nSPS) is 16.8. The lowest BCUT2D eigenvalue weighted by molar-refractivity contribution is 0.542. The van der Waals surface area contributed by atoms with E-state index in [9.17, 15) is 0 Å². The van der Waals surface area contributed by atoms with Gasteiger partial charge in [0.25, 0.3) is 0 Å².